The number of nitrogens with zero attached hydrogens (tertiary/aromatic N) is 1. The summed E-state index contributed by atoms with van der Waals surface area (Å²) in [5, 5.41) is 0.916. The lowest BCUT2D eigenvalue weighted by atomic mass is 10.5. The van der Waals surface area contributed by atoms with Crippen molar-refractivity contribution in [3.63, 3.8) is 0 Å². The Morgan fingerprint density at radius 2 is 2.33 bits per heavy atom. The van der Waals surface area contributed by atoms with Gasteiger partial charge in [0.25, 0.3) is 0 Å². The van der Waals surface area contributed by atoms with E-state index in [9.17, 15) is 18.0 Å². The second-order valence-corrected chi connectivity index (χ2v) is 4.44. The summed E-state index contributed by atoms with van der Waals surface area (Å²) in [6.07, 6.45) is -4.43. The molecule has 0 aliphatic heterocycles. The number of thioether (sulfide) groups is 1. The molecule has 1 rings (SSSR count). The standard InChI is InChI=1S/C7H6F3NO2S2/c1-13-5(12)3-15-6-11-4(2-14-6)7(8,9)10/h2H,3H2,1H3. The molecule has 3 nitrogen and oxygen atoms in total. The van der Waals surface area contributed by atoms with Gasteiger partial charge in [-0.1, -0.05) is 11.8 Å². The Kier molecular flexibility index (Phi) is 3.97. The number of hydrogen-bond acceptors (Lipinski definition) is 5. The molecule has 0 unspecified atom stereocenters. The lowest BCUT2D eigenvalue weighted by Gasteiger charge is -1.99. The lowest BCUT2D eigenvalue weighted by molar-refractivity contribution is -0.141. The molecule has 0 atom stereocenters. The van der Waals surface area contributed by atoms with E-state index in [-0.39, 0.29) is 10.1 Å². The van der Waals surface area contributed by atoms with Gasteiger partial charge in [-0.15, -0.1) is 11.3 Å². The van der Waals surface area contributed by atoms with E-state index in [1.807, 2.05) is 0 Å². The van der Waals surface area contributed by atoms with Gasteiger partial charge in [-0.3, -0.25) is 4.79 Å². The molecule has 0 aliphatic rings. The maximum Gasteiger partial charge on any atom is 0.434 e. The summed E-state index contributed by atoms with van der Waals surface area (Å²) in [7, 11) is 1.21. The first-order chi connectivity index (χ1) is 6.93. The summed E-state index contributed by atoms with van der Waals surface area (Å²) < 4.78 is 40.9. The third kappa shape index (κ3) is 3.71. The maximum atomic E-state index is 12.1. The SMILES string of the molecule is COC(=O)CSc1nc(C(F)(F)F)cs1. The molecule has 84 valence electrons. The third-order valence-corrected chi connectivity index (χ3v) is 3.31. The Balaban J connectivity index is 2.58. The van der Waals surface area contributed by atoms with Gasteiger partial charge in [0.1, 0.15) is 0 Å². The van der Waals surface area contributed by atoms with Crippen molar-refractivity contribution < 1.29 is 22.7 Å². The third-order valence-electron chi connectivity index (χ3n) is 1.31. The maximum absolute atomic E-state index is 12.1. The lowest BCUT2D eigenvalue weighted by Crippen LogP contribution is -2.05. The topological polar surface area (TPSA) is 39.2 Å². The van der Waals surface area contributed by atoms with E-state index in [1.54, 1.807) is 0 Å². The molecule has 0 amide bonds. The van der Waals surface area contributed by atoms with Crippen LogP contribution in [0.15, 0.2) is 9.72 Å². The molecule has 0 aromatic carbocycles. The number of hydrogen-bond donors (Lipinski definition) is 0. The van der Waals surface area contributed by atoms with Crippen LogP contribution in [0.25, 0.3) is 0 Å². The Labute approximate surface area is 91.6 Å². The van der Waals surface area contributed by atoms with Crippen molar-refractivity contribution in [1.29, 1.82) is 0 Å². The fourth-order valence-corrected chi connectivity index (χ4v) is 2.30. The van der Waals surface area contributed by atoms with Crippen molar-refractivity contribution in [1.82, 2.24) is 4.98 Å². The minimum atomic E-state index is -4.43. The van der Waals surface area contributed by atoms with Crippen LogP contribution < -0.4 is 0 Å². The van der Waals surface area contributed by atoms with E-state index in [1.165, 1.54) is 7.11 Å². The van der Waals surface area contributed by atoms with Crippen molar-refractivity contribution in [2.45, 2.75) is 10.5 Å². The fraction of sp³-hybridized carbons (Fsp3) is 0.429. The van der Waals surface area contributed by atoms with Gasteiger partial charge in [0.2, 0.25) is 0 Å². The highest BCUT2D eigenvalue weighted by atomic mass is 32.2. The number of carbonyl (C=O) groups is 1. The predicted octanol–water partition coefficient (Wildman–Crippen LogP) is 2.43. The number of rotatable bonds is 3. The highest BCUT2D eigenvalue weighted by Crippen LogP contribution is 2.33. The number of halogens is 3. The molecule has 0 bridgehead atoms. The molecular weight excluding hydrogens is 251 g/mol. The van der Waals surface area contributed by atoms with Crippen molar-refractivity contribution >= 4 is 29.1 Å². The van der Waals surface area contributed by atoms with Crippen LogP contribution in [0.2, 0.25) is 0 Å². The number of alkyl halides is 3. The summed E-state index contributed by atoms with van der Waals surface area (Å²) in [5.74, 6) is -0.537. The minimum Gasteiger partial charge on any atom is -0.468 e. The first-order valence-electron chi connectivity index (χ1n) is 3.66. The second kappa shape index (κ2) is 4.84. The average molecular weight is 257 g/mol. The zero-order valence-corrected chi connectivity index (χ0v) is 9.13. The molecule has 1 heterocycles. The summed E-state index contributed by atoms with van der Waals surface area (Å²) in [6.45, 7) is 0. The zero-order chi connectivity index (χ0) is 11.5. The summed E-state index contributed by atoms with van der Waals surface area (Å²) in [5.41, 5.74) is -0.931. The Hall–Kier alpha value is -0.760. The van der Waals surface area contributed by atoms with E-state index >= 15 is 0 Å². The van der Waals surface area contributed by atoms with Crippen LogP contribution in [-0.4, -0.2) is 23.8 Å². The van der Waals surface area contributed by atoms with Crippen LogP contribution in [0, 0.1) is 0 Å². The second-order valence-electron chi connectivity index (χ2n) is 2.36. The molecule has 15 heavy (non-hydrogen) atoms. The van der Waals surface area contributed by atoms with Gasteiger partial charge in [0.05, 0.1) is 12.9 Å². The molecule has 0 saturated heterocycles. The fourth-order valence-electron chi connectivity index (χ4n) is 0.633. The molecule has 0 N–H and O–H groups in total. The van der Waals surface area contributed by atoms with Crippen molar-refractivity contribution in [3.05, 3.63) is 11.1 Å². The molecule has 0 saturated carbocycles. The van der Waals surface area contributed by atoms with Crippen LogP contribution in [0.1, 0.15) is 5.69 Å². The van der Waals surface area contributed by atoms with E-state index in [0.717, 1.165) is 28.5 Å². The molecular formula is C7H6F3NO2S2. The Morgan fingerprint density at radius 1 is 1.67 bits per heavy atom. The average Bonchev–Trinajstić information content (AvgIpc) is 2.61. The molecule has 0 radical (unpaired) electrons. The Morgan fingerprint density at radius 3 is 2.80 bits per heavy atom. The molecule has 8 heteroatoms. The molecule has 0 fully saturated rings. The van der Waals surface area contributed by atoms with Gasteiger partial charge in [0, 0.05) is 5.38 Å². The van der Waals surface area contributed by atoms with E-state index in [2.05, 4.69) is 9.72 Å². The monoisotopic (exact) mass is 257 g/mol. The first-order valence-corrected chi connectivity index (χ1v) is 5.52. The van der Waals surface area contributed by atoms with E-state index < -0.39 is 17.8 Å². The number of carbonyl (C=O) groups excluding carboxylic acids is 1. The quantitative estimate of drug-likeness (QED) is 0.616. The van der Waals surface area contributed by atoms with Crippen LogP contribution in [-0.2, 0) is 15.7 Å². The van der Waals surface area contributed by atoms with Gasteiger partial charge in [-0.05, 0) is 0 Å². The van der Waals surface area contributed by atoms with Crippen LogP contribution in [0.5, 0.6) is 0 Å². The zero-order valence-electron chi connectivity index (χ0n) is 7.50. The minimum absolute atomic E-state index is 0.0404. The Bertz CT molecular complexity index is 350. The van der Waals surface area contributed by atoms with Crippen LogP contribution in [0.3, 0.4) is 0 Å². The molecule has 0 spiro atoms. The van der Waals surface area contributed by atoms with Crippen LogP contribution >= 0.6 is 23.1 Å². The van der Waals surface area contributed by atoms with Gasteiger partial charge >= 0.3 is 12.1 Å². The molecule has 0 aliphatic carbocycles. The normalized spacial score (nSPS) is 11.5. The summed E-state index contributed by atoms with van der Waals surface area (Å²) in [4.78, 5) is 14.0. The van der Waals surface area contributed by atoms with Crippen molar-refractivity contribution in [2.24, 2.45) is 0 Å². The van der Waals surface area contributed by atoms with Gasteiger partial charge in [-0.2, -0.15) is 13.2 Å². The van der Waals surface area contributed by atoms with Gasteiger partial charge < -0.3 is 4.74 Å². The smallest absolute Gasteiger partial charge is 0.434 e. The summed E-state index contributed by atoms with van der Waals surface area (Å²) in [6, 6.07) is 0. The van der Waals surface area contributed by atoms with E-state index in [4.69, 9.17) is 0 Å². The highest BCUT2D eigenvalue weighted by molar-refractivity contribution is 8.01. The van der Waals surface area contributed by atoms with Crippen LogP contribution in [0.4, 0.5) is 13.2 Å². The van der Waals surface area contributed by atoms with Crippen molar-refractivity contribution in [2.75, 3.05) is 12.9 Å². The van der Waals surface area contributed by atoms with Crippen molar-refractivity contribution in [3.8, 4) is 0 Å². The van der Waals surface area contributed by atoms with Gasteiger partial charge in [-0.25, -0.2) is 4.98 Å². The largest absolute Gasteiger partial charge is 0.468 e. The summed E-state index contributed by atoms with van der Waals surface area (Å²) >= 11 is 1.78. The highest BCUT2D eigenvalue weighted by Gasteiger charge is 2.33. The van der Waals surface area contributed by atoms with Gasteiger partial charge in [0.15, 0.2) is 10.0 Å². The molecule has 1 aromatic rings. The number of esters is 1. The number of methoxy groups -OCH3 is 1. The number of aromatic nitrogens is 1. The number of thiazole rings is 1. The number of ether oxygens (including phenoxy) is 1. The molecule has 1 aromatic heterocycles. The predicted molar refractivity (Wildman–Crippen MR) is 49.9 cm³/mol. The van der Waals surface area contributed by atoms with E-state index in [0.29, 0.717) is 0 Å². The first kappa shape index (κ1) is 12.3.